The number of rotatable bonds is 10. The SMILES string of the molecule is Cc1ccccc1NC(=O)COC(=O)CCCC(=O)Nc1ccc(Oc2ccc3ccccc3c2)cc1. The first kappa shape index (κ1) is 25.4. The summed E-state index contributed by atoms with van der Waals surface area (Å²) in [5.74, 6) is 0.238. The van der Waals surface area contributed by atoms with E-state index in [9.17, 15) is 14.4 Å². The molecule has 4 aromatic rings. The lowest BCUT2D eigenvalue weighted by atomic mass is 10.1. The first-order valence-electron chi connectivity index (χ1n) is 12.0. The molecular formula is C30H28N2O5. The van der Waals surface area contributed by atoms with Crippen molar-refractivity contribution in [3.8, 4) is 11.5 Å². The molecule has 2 N–H and O–H groups in total. The van der Waals surface area contributed by atoms with Crippen molar-refractivity contribution in [2.45, 2.75) is 26.2 Å². The Kier molecular flexibility index (Phi) is 8.49. The summed E-state index contributed by atoms with van der Waals surface area (Å²) in [6.07, 6.45) is 0.511. The van der Waals surface area contributed by atoms with E-state index in [1.54, 1.807) is 30.3 Å². The Labute approximate surface area is 215 Å². The molecule has 0 radical (unpaired) electrons. The molecule has 0 aromatic heterocycles. The van der Waals surface area contributed by atoms with E-state index in [-0.39, 0.29) is 25.4 Å². The van der Waals surface area contributed by atoms with E-state index in [0.29, 0.717) is 23.5 Å². The van der Waals surface area contributed by atoms with Crippen LogP contribution in [0, 0.1) is 6.92 Å². The smallest absolute Gasteiger partial charge is 0.306 e. The monoisotopic (exact) mass is 496 g/mol. The Balaban J connectivity index is 1.15. The molecule has 188 valence electrons. The van der Waals surface area contributed by atoms with Gasteiger partial charge in [0.1, 0.15) is 11.5 Å². The van der Waals surface area contributed by atoms with Crippen molar-refractivity contribution in [2.75, 3.05) is 17.2 Å². The predicted octanol–water partition coefficient (Wildman–Crippen LogP) is 6.23. The van der Waals surface area contributed by atoms with Gasteiger partial charge in [-0.25, -0.2) is 0 Å². The molecular weight excluding hydrogens is 468 g/mol. The summed E-state index contributed by atoms with van der Waals surface area (Å²) < 4.78 is 10.9. The second-order valence-electron chi connectivity index (χ2n) is 8.56. The van der Waals surface area contributed by atoms with Gasteiger partial charge in [-0.2, -0.15) is 0 Å². The van der Waals surface area contributed by atoms with E-state index in [0.717, 1.165) is 22.1 Å². The first-order chi connectivity index (χ1) is 18.0. The van der Waals surface area contributed by atoms with Crippen LogP contribution in [0.3, 0.4) is 0 Å². The molecule has 7 heteroatoms. The van der Waals surface area contributed by atoms with E-state index < -0.39 is 11.9 Å². The molecule has 7 nitrogen and oxygen atoms in total. The van der Waals surface area contributed by atoms with Gasteiger partial charge >= 0.3 is 5.97 Å². The van der Waals surface area contributed by atoms with E-state index >= 15 is 0 Å². The number of benzene rings is 4. The largest absolute Gasteiger partial charge is 0.457 e. The van der Waals surface area contributed by atoms with Crippen LogP contribution in [-0.2, 0) is 19.1 Å². The number of amides is 2. The second kappa shape index (κ2) is 12.4. The van der Waals surface area contributed by atoms with Crippen LogP contribution in [0.15, 0.2) is 91.0 Å². The minimum absolute atomic E-state index is 0.0452. The number of ether oxygens (including phenoxy) is 2. The minimum atomic E-state index is -0.525. The van der Waals surface area contributed by atoms with Crippen molar-refractivity contribution in [1.29, 1.82) is 0 Å². The average molecular weight is 497 g/mol. The van der Waals surface area contributed by atoms with Crippen molar-refractivity contribution >= 4 is 39.9 Å². The van der Waals surface area contributed by atoms with Gasteiger partial charge in [0.25, 0.3) is 5.91 Å². The number of aryl methyl sites for hydroxylation is 1. The van der Waals surface area contributed by atoms with Gasteiger partial charge in [0.15, 0.2) is 6.61 Å². The van der Waals surface area contributed by atoms with Crippen LogP contribution in [0.1, 0.15) is 24.8 Å². The van der Waals surface area contributed by atoms with Crippen molar-refractivity contribution in [3.05, 3.63) is 96.6 Å². The third kappa shape index (κ3) is 7.67. The fourth-order valence-electron chi connectivity index (χ4n) is 3.71. The highest BCUT2D eigenvalue weighted by Gasteiger charge is 2.10. The highest BCUT2D eigenvalue weighted by molar-refractivity contribution is 5.93. The Bertz CT molecular complexity index is 1400. The Morgan fingerprint density at radius 2 is 1.41 bits per heavy atom. The van der Waals surface area contributed by atoms with Crippen LogP contribution >= 0.6 is 0 Å². The van der Waals surface area contributed by atoms with Crippen LogP contribution in [0.5, 0.6) is 11.5 Å². The number of esters is 1. The second-order valence-corrected chi connectivity index (χ2v) is 8.56. The molecule has 0 unspecified atom stereocenters. The summed E-state index contributed by atoms with van der Waals surface area (Å²) in [5, 5.41) is 7.74. The zero-order chi connectivity index (χ0) is 26.0. The number of anilines is 2. The molecule has 0 aliphatic rings. The van der Waals surface area contributed by atoms with Gasteiger partial charge in [0.2, 0.25) is 5.91 Å². The lowest BCUT2D eigenvalue weighted by Gasteiger charge is -2.09. The van der Waals surface area contributed by atoms with Gasteiger partial charge < -0.3 is 20.1 Å². The summed E-state index contributed by atoms with van der Waals surface area (Å²) in [7, 11) is 0. The normalized spacial score (nSPS) is 10.5. The number of carbonyl (C=O) groups excluding carboxylic acids is 3. The van der Waals surface area contributed by atoms with E-state index in [4.69, 9.17) is 9.47 Å². The van der Waals surface area contributed by atoms with Gasteiger partial charge in [-0.05, 0) is 72.1 Å². The molecule has 4 rings (SSSR count). The molecule has 2 amide bonds. The Hall–Kier alpha value is -4.65. The average Bonchev–Trinajstić information content (AvgIpc) is 2.90. The van der Waals surface area contributed by atoms with E-state index in [2.05, 4.69) is 10.6 Å². The molecule has 0 aliphatic heterocycles. The predicted molar refractivity (Wildman–Crippen MR) is 144 cm³/mol. The van der Waals surface area contributed by atoms with Gasteiger partial charge in [0.05, 0.1) is 0 Å². The molecule has 0 saturated carbocycles. The maximum absolute atomic E-state index is 12.2. The standard InChI is InChI=1S/C30H28N2O5/c1-21-7-2-5-10-27(21)32-29(34)20-36-30(35)12-6-11-28(33)31-24-14-17-25(18-15-24)37-26-16-13-22-8-3-4-9-23(22)19-26/h2-5,7-10,13-19H,6,11-12,20H2,1H3,(H,31,33)(H,32,34). The van der Waals surface area contributed by atoms with Crippen LogP contribution in [0.25, 0.3) is 10.8 Å². The first-order valence-corrected chi connectivity index (χ1v) is 12.0. The van der Waals surface area contributed by atoms with Crippen molar-refractivity contribution in [3.63, 3.8) is 0 Å². The molecule has 0 spiro atoms. The maximum Gasteiger partial charge on any atom is 0.306 e. The zero-order valence-electron chi connectivity index (χ0n) is 20.5. The molecule has 0 heterocycles. The fraction of sp³-hybridized carbons (Fsp3) is 0.167. The molecule has 0 saturated heterocycles. The molecule has 0 bridgehead atoms. The summed E-state index contributed by atoms with van der Waals surface area (Å²) in [4.78, 5) is 36.1. The molecule has 4 aromatic carbocycles. The third-order valence-electron chi connectivity index (χ3n) is 5.66. The maximum atomic E-state index is 12.2. The third-order valence-corrected chi connectivity index (χ3v) is 5.66. The number of carbonyl (C=O) groups is 3. The highest BCUT2D eigenvalue weighted by Crippen LogP contribution is 2.26. The van der Waals surface area contributed by atoms with Crippen LogP contribution in [0.2, 0.25) is 0 Å². The van der Waals surface area contributed by atoms with Gasteiger partial charge in [-0.1, -0.05) is 48.5 Å². The Morgan fingerprint density at radius 3 is 2.19 bits per heavy atom. The van der Waals surface area contributed by atoms with Crippen molar-refractivity contribution in [2.24, 2.45) is 0 Å². The summed E-state index contributed by atoms with van der Waals surface area (Å²) in [6.45, 7) is 1.51. The van der Waals surface area contributed by atoms with Gasteiger partial charge in [0, 0.05) is 24.2 Å². The number of nitrogens with one attached hydrogen (secondary N) is 2. The molecule has 0 atom stereocenters. The molecule has 0 aliphatic carbocycles. The number of hydrogen-bond donors (Lipinski definition) is 2. The van der Waals surface area contributed by atoms with Crippen LogP contribution in [-0.4, -0.2) is 24.4 Å². The van der Waals surface area contributed by atoms with Crippen molar-refractivity contribution in [1.82, 2.24) is 0 Å². The minimum Gasteiger partial charge on any atom is -0.457 e. The molecule has 0 fully saturated rings. The van der Waals surface area contributed by atoms with Gasteiger partial charge in [-0.15, -0.1) is 0 Å². The van der Waals surface area contributed by atoms with Gasteiger partial charge in [-0.3, -0.25) is 14.4 Å². The number of hydrogen-bond acceptors (Lipinski definition) is 5. The quantitative estimate of drug-likeness (QED) is 0.254. The zero-order valence-corrected chi connectivity index (χ0v) is 20.5. The topological polar surface area (TPSA) is 93.7 Å². The Morgan fingerprint density at radius 1 is 0.703 bits per heavy atom. The van der Waals surface area contributed by atoms with E-state index in [1.165, 1.54) is 0 Å². The summed E-state index contributed by atoms with van der Waals surface area (Å²) in [5.41, 5.74) is 2.22. The lowest BCUT2D eigenvalue weighted by Crippen LogP contribution is -2.21. The fourth-order valence-corrected chi connectivity index (χ4v) is 3.71. The van der Waals surface area contributed by atoms with Crippen LogP contribution in [0.4, 0.5) is 11.4 Å². The summed E-state index contributed by atoms with van der Waals surface area (Å²) >= 11 is 0. The van der Waals surface area contributed by atoms with Crippen LogP contribution < -0.4 is 15.4 Å². The number of para-hydroxylation sites is 1. The van der Waals surface area contributed by atoms with E-state index in [1.807, 2.05) is 67.6 Å². The number of fused-ring (bicyclic) bond motifs is 1. The molecule has 37 heavy (non-hydrogen) atoms. The highest BCUT2D eigenvalue weighted by atomic mass is 16.5. The van der Waals surface area contributed by atoms with Crippen molar-refractivity contribution < 1.29 is 23.9 Å². The summed E-state index contributed by atoms with van der Waals surface area (Å²) in [6, 6.07) is 28.4. The lowest BCUT2D eigenvalue weighted by molar-refractivity contribution is -0.147.